The molecule has 0 fully saturated rings. The minimum Gasteiger partial charge on any atom is -0.492 e. The molecule has 1 aromatic rings. The van der Waals surface area contributed by atoms with Crippen LogP contribution in [0.15, 0.2) is 18.2 Å². The van der Waals surface area contributed by atoms with Crippen molar-refractivity contribution < 1.29 is 9.53 Å². The number of hydrogen-bond acceptors (Lipinski definition) is 3. The average molecular weight is 318 g/mol. The predicted octanol–water partition coefficient (Wildman–Crippen LogP) is 3.11. The summed E-state index contributed by atoms with van der Waals surface area (Å²) in [5.74, 6) is 0.818. The molecule has 1 heterocycles. The lowest BCUT2D eigenvalue weighted by atomic mass is 9.92. The van der Waals surface area contributed by atoms with Crippen molar-refractivity contribution in [2.24, 2.45) is 5.41 Å². The van der Waals surface area contributed by atoms with Crippen molar-refractivity contribution in [3.8, 4) is 5.75 Å². The number of nitrogens with one attached hydrogen (secondary N) is 1. The summed E-state index contributed by atoms with van der Waals surface area (Å²) in [4.78, 5) is 14.7. The molecule has 1 aliphatic heterocycles. The fourth-order valence-corrected chi connectivity index (χ4v) is 3.26. The van der Waals surface area contributed by atoms with Gasteiger partial charge < -0.3 is 10.1 Å². The first kappa shape index (κ1) is 17.8. The molecule has 0 aliphatic carbocycles. The van der Waals surface area contributed by atoms with E-state index in [0.717, 1.165) is 42.8 Å². The second-order valence-electron chi connectivity index (χ2n) is 7.56. The molecule has 0 bridgehead atoms. The van der Waals surface area contributed by atoms with E-state index in [4.69, 9.17) is 4.74 Å². The van der Waals surface area contributed by atoms with Crippen LogP contribution in [0.25, 0.3) is 0 Å². The third-order valence-corrected chi connectivity index (χ3v) is 4.18. The van der Waals surface area contributed by atoms with E-state index in [-0.39, 0.29) is 11.3 Å². The van der Waals surface area contributed by atoms with E-state index < -0.39 is 0 Å². The highest BCUT2D eigenvalue weighted by atomic mass is 16.5. The number of nitrogens with zero attached hydrogens (tertiary/aromatic N) is 1. The summed E-state index contributed by atoms with van der Waals surface area (Å²) >= 11 is 0. The summed E-state index contributed by atoms with van der Waals surface area (Å²) < 4.78 is 5.99. The molecule has 0 aromatic heterocycles. The highest BCUT2D eigenvalue weighted by Gasteiger charge is 2.30. The Kier molecular flexibility index (Phi) is 5.69. The number of carbonyl (C=O) groups is 1. The quantitative estimate of drug-likeness (QED) is 0.907. The van der Waals surface area contributed by atoms with Crippen LogP contribution < -0.4 is 10.1 Å². The van der Waals surface area contributed by atoms with Crippen molar-refractivity contribution in [2.75, 3.05) is 26.7 Å². The van der Waals surface area contributed by atoms with Crippen LogP contribution in [0.1, 0.15) is 50.0 Å². The largest absolute Gasteiger partial charge is 0.492 e. The fraction of sp³-hybridized carbons (Fsp3) is 0.632. The number of carbonyl (C=O) groups excluding carboxylic acids is 1. The summed E-state index contributed by atoms with van der Waals surface area (Å²) in [5, 5.41) is 2.73. The molecular formula is C19H30N2O2. The van der Waals surface area contributed by atoms with Gasteiger partial charge in [0.05, 0.1) is 0 Å². The standard InChI is InChI=1S/C19H30N2O2/c1-6-10-21(13-19(2,3)4)14-11-16-15(18(22)20-5)8-7-9-17(16)23-12-14/h7-9,14H,6,10-13H2,1-5H3,(H,20,22)/t14-/m0/s1. The van der Waals surface area contributed by atoms with E-state index in [0.29, 0.717) is 12.6 Å². The van der Waals surface area contributed by atoms with Crippen LogP contribution in [0.3, 0.4) is 0 Å². The second-order valence-corrected chi connectivity index (χ2v) is 7.56. The van der Waals surface area contributed by atoms with Crippen molar-refractivity contribution in [3.63, 3.8) is 0 Å². The van der Waals surface area contributed by atoms with E-state index in [1.165, 1.54) is 0 Å². The lowest BCUT2D eigenvalue weighted by molar-refractivity contribution is 0.0855. The molecule has 4 heteroatoms. The second kappa shape index (κ2) is 7.35. The van der Waals surface area contributed by atoms with Crippen molar-refractivity contribution in [2.45, 2.75) is 46.6 Å². The summed E-state index contributed by atoms with van der Waals surface area (Å²) in [6.07, 6.45) is 1.99. The maximum atomic E-state index is 12.1. The molecule has 0 spiro atoms. The molecule has 1 N–H and O–H groups in total. The molecule has 1 atom stereocenters. The summed E-state index contributed by atoms with van der Waals surface area (Å²) in [7, 11) is 1.67. The highest BCUT2D eigenvalue weighted by molar-refractivity contribution is 5.96. The van der Waals surface area contributed by atoms with E-state index in [1.807, 2.05) is 18.2 Å². The zero-order valence-corrected chi connectivity index (χ0v) is 15.1. The van der Waals surface area contributed by atoms with Gasteiger partial charge in [0.1, 0.15) is 12.4 Å². The predicted molar refractivity (Wildman–Crippen MR) is 94.1 cm³/mol. The van der Waals surface area contributed by atoms with Crippen molar-refractivity contribution >= 4 is 5.91 Å². The Morgan fingerprint density at radius 3 is 2.74 bits per heavy atom. The van der Waals surface area contributed by atoms with Crippen LogP contribution in [-0.2, 0) is 6.42 Å². The number of ether oxygens (including phenoxy) is 1. The zero-order chi connectivity index (χ0) is 17.0. The monoisotopic (exact) mass is 318 g/mol. The zero-order valence-electron chi connectivity index (χ0n) is 15.1. The van der Waals surface area contributed by atoms with Gasteiger partial charge in [-0.1, -0.05) is 33.8 Å². The van der Waals surface area contributed by atoms with Crippen molar-refractivity contribution in [3.05, 3.63) is 29.3 Å². The molecule has 128 valence electrons. The molecule has 2 rings (SSSR count). The van der Waals surface area contributed by atoms with Gasteiger partial charge in [0, 0.05) is 30.8 Å². The normalized spacial score (nSPS) is 17.6. The number of amides is 1. The average Bonchev–Trinajstić information content (AvgIpc) is 2.51. The van der Waals surface area contributed by atoms with Crippen molar-refractivity contribution in [1.29, 1.82) is 0 Å². The van der Waals surface area contributed by atoms with E-state index >= 15 is 0 Å². The molecule has 0 radical (unpaired) electrons. The first-order valence-corrected chi connectivity index (χ1v) is 8.56. The van der Waals surface area contributed by atoms with Gasteiger partial charge in [-0.3, -0.25) is 9.69 Å². The van der Waals surface area contributed by atoms with Crippen LogP contribution >= 0.6 is 0 Å². The van der Waals surface area contributed by atoms with Crippen LogP contribution in [-0.4, -0.2) is 43.6 Å². The number of hydrogen-bond donors (Lipinski definition) is 1. The first-order valence-electron chi connectivity index (χ1n) is 8.56. The minimum absolute atomic E-state index is 0.0380. The Morgan fingerprint density at radius 1 is 1.39 bits per heavy atom. The van der Waals surface area contributed by atoms with E-state index in [1.54, 1.807) is 7.05 Å². The summed E-state index contributed by atoms with van der Waals surface area (Å²) in [5.41, 5.74) is 2.02. The Labute approximate surface area is 140 Å². The topological polar surface area (TPSA) is 41.6 Å². The van der Waals surface area contributed by atoms with Gasteiger partial charge in [0.2, 0.25) is 0 Å². The van der Waals surface area contributed by atoms with Gasteiger partial charge in [0.25, 0.3) is 5.91 Å². The lowest BCUT2D eigenvalue weighted by Crippen LogP contribution is -2.47. The smallest absolute Gasteiger partial charge is 0.251 e. The number of benzene rings is 1. The Morgan fingerprint density at radius 2 is 2.13 bits per heavy atom. The van der Waals surface area contributed by atoms with Gasteiger partial charge in [-0.25, -0.2) is 0 Å². The Balaban J connectivity index is 2.25. The van der Waals surface area contributed by atoms with E-state index in [2.05, 4.69) is 37.9 Å². The number of rotatable bonds is 5. The van der Waals surface area contributed by atoms with Gasteiger partial charge >= 0.3 is 0 Å². The summed E-state index contributed by atoms with van der Waals surface area (Å²) in [6, 6.07) is 6.07. The minimum atomic E-state index is -0.0380. The molecular weight excluding hydrogens is 288 g/mol. The van der Waals surface area contributed by atoms with Crippen LogP contribution in [0, 0.1) is 5.41 Å². The third kappa shape index (κ3) is 4.47. The van der Waals surface area contributed by atoms with Crippen molar-refractivity contribution in [1.82, 2.24) is 10.2 Å². The molecule has 1 aromatic carbocycles. The molecule has 0 saturated carbocycles. The maximum absolute atomic E-state index is 12.1. The molecule has 0 saturated heterocycles. The molecule has 0 unspecified atom stereocenters. The Bertz CT molecular complexity index is 549. The third-order valence-electron chi connectivity index (χ3n) is 4.18. The van der Waals surface area contributed by atoms with Gasteiger partial charge in [-0.2, -0.15) is 0 Å². The molecule has 4 nitrogen and oxygen atoms in total. The van der Waals surface area contributed by atoms with Crippen LogP contribution in [0.2, 0.25) is 0 Å². The van der Waals surface area contributed by atoms with Gasteiger partial charge in [-0.05, 0) is 36.9 Å². The maximum Gasteiger partial charge on any atom is 0.251 e. The van der Waals surface area contributed by atoms with Gasteiger partial charge in [-0.15, -0.1) is 0 Å². The van der Waals surface area contributed by atoms with Crippen LogP contribution in [0.5, 0.6) is 5.75 Å². The molecule has 1 amide bonds. The molecule has 1 aliphatic rings. The van der Waals surface area contributed by atoms with Crippen LogP contribution in [0.4, 0.5) is 0 Å². The lowest BCUT2D eigenvalue weighted by Gasteiger charge is -2.38. The fourth-order valence-electron chi connectivity index (χ4n) is 3.26. The SMILES string of the molecule is CCCN(CC(C)(C)C)[C@@H]1COc2cccc(C(=O)NC)c2C1. The first-order chi connectivity index (χ1) is 10.9. The Hall–Kier alpha value is -1.55. The molecule has 23 heavy (non-hydrogen) atoms. The van der Waals surface area contributed by atoms with Gasteiger partial charge in [0.15, 0.2) is 0 Å². The number of fused-ring (bicyclic) bond motifs is 1. The van der Waals surface area contributed by atoms with E-state index in [9.17, 15) is 4.79 Å². The summed E-state index contributed by atoms with van der Waals surface area (Å²) in [6.45, 7) is 11.8. The highest BCUT2D eigenvalue weighted by Crippen LogP contribution is 2.30.